The maximum atomic E-state index is 13.2. The summed E-state index contributed by atoms with van der Waals surface area (Å²) in [4.78, 5) is 30.2. The van der Waals surface area contributed by atoms with Crippen molar-refractivity contribution >= 4 is 34.3 Å². The molecule has 4 rings (SSSR count). The number of ether oxygens (including phenoxy) is 2. The minimum atomic E-state index is -0.861. The van der Waals surface area contributed by atoms with Gasteiger partial charge >= 0.3 is 0 Å². The van der Waals surface area contributed by atoms with Crippen molar-refractivity contribution in [2.75, 3.05) is 19.5 Å². The molecule has 0 radical (unpaired) electrons. The maximum absolute atomic E-state index is 13.2. The molecule has 2 aromatic heterocycles. The zero-order chi connectivity index (χ0) is 22.8. The molecule has 1 N–H and O–H groups in total. The van der Waals surface area contributed by atoms with Crippen LogP contribution >= 0.6 is 11.6 Å². The Balaban J connectivity index is 1.66. The highest BCUT2D eigenvalue weighted by Gasteiger charge is 2.22. The maximum Gasteiger partial charge on any atom is 0.267 e. The molecule has 0 spiro atoms. The molecule has 0 saturated heterocycles. The quantitative estimate of drug-likeness (QED) is 0.470. The summed E-state index contributed by atoms with van der Waals surface area (Å²) in [6.45, 7) is 1.60. The molecule has 0 aliphatic rings. The van der Waals surface area contributed by atoms with E-state index < -0.39 is 17.5 Å². The predicted octanol–water partition coefficient (Wildman–Crippen LogP) is 3.92. The number of halogens is 1. The van der Waals surface area contributed by atoms with E-state index in [1.165, 1.54) is 25.1 Å². The number of rotatable bonds is 6. The Kier molecular flexibility index (Phi) is 5.83. The first-order valence-electron chi connectivity index (χ1n) is 9.58. The van der Waals surface area contributed by atoms with Gasteiger partial charge < -0.3 is 19.3 Å². The van der Waals surface area contributed by atoms with Crippen molar-refractivity contribution in [3.05, 3.63) is 64.2 Å². The van der Waals surface area contributed by atoms with E-state index in [4.69, 9.17) is 25.6 Å². The summed E-state index contributed by atoms with van der Waals surface area (Å²) < 4.78 is 16.9. The Morgan fingerprint density at radius 2 is 1.84 bits per heavy atom. The second-order valence-electron chi connectivity index (χ2n) is 6.91. The molecule has 1 atom stereocenters. The van der Waals surface area contributed by atoms with Gasteiger partial charge in [-0.05, 0) is 31.2 Å². The molecule has 2 aromatic carbocycles. The lowest BCUT2D eigenvalue weighted by Crippen LogP contribution is -2.31. The number of hydrogen-bond acceptors (Lipinski definition) is 7. The van der Waals surface area contributed by atoms with Crippen molar-refractivity contribution in [1.82, 2.24) is 14.7 Å². The van der Waals surface area contributed by atoms with Crippen LogP contribution in [-0.4, -0.2) is 34.8 Å². The number of methoxy groups -OCH3 is 2. The van der Waals surface area contributed by atoms with E-state index >= 15 is 0 Å². The SMILES string of the molecule is COc1ccc(NC(=O)C(C)n2cnc3onc(-c4ccc(Cl)cc4)c3c2=O)cc1OC. The van der Waals surface area contributed by atoms with Crippen LogP contribution in [0.3, 0.4) is 0 Å². The molecule has 0 bridgehead atoms. The standard InChI is InChI=1S/C22H19ClN4O5/c1-12(20(28)25-15-8-9-16(30-2)17(10-15)31-3)27-11-24-21-18(22(27)29)19(26-32-21)13-4-6-14(23)7-5-13/h4-12H,1-3H3,(H,25,28). The largest absolute Gasteiger partial charge is 0.493 e. The first-order chi connectivity index (χ1) is 15.4. The van der Waals surface area contributed by atoms with Crippen molar-refractivity contribution in [1.29, 1.82) is 0 Å². The summed E-state index contributed by atoms with van der Waals surface area (Å²) in [7, 11) is 3.03. The van der Waals surface area contributed by atoms with E-state index in [1.54, 1.807) is 49.4 Å². The molecule has 0 saturated carbocycles. The molecule has 164 valence electrons. The molecule has 0 fully saturated rings. The lowest BCUT2D eigenvalue weighted by Gasteiger charge is -2.15. The van der Waals surface area contributed by atoms with E-state index in [0.29, 0.717) is 33.5 Å². The van der Waals surface area contributed by atoms with Crippen LogP contribution in [0.25, 0.3) is 22.4 Å². The highest BCUT2D eigenvalue weighted by molar-refractivity contribution is 6.30. The van der Waals surface area contributed by atoms with E-state index in [2.05, 4.69) is 15.5 Å². The summed E-state index contributed by atoms with van der Waals surface area (Å²) >= 11 is 5.95. The van der Waals surface area contributed by atoms with E-state index in [1.807, 2.05) is 0 Å². The average Bonchev–Trinajstić information content (AvgIpc) is 3.24. The molecule has 4 aromatic rings. The topological polar surface area (TPSA) is 108 Å². The summed E-state index contributed by atoms with van der Waals surface area (Å²) in [5.74, 6) is 0.590. The molecule has 0 aliphatic heterocycles. The van der Waals surface area contributed by atoms with E-state index in [-0.39, 0.29) is 11.1 Å². The number of carbonyl (C=O) groups excluding carboxylic acids is 1. The first kappa shape index (κ1) is 21.4. The summed E-state index contributed by atoms with van der Waals surface area (Å²) in [6, 6.07) is 10.9. The Bertz CT molecular complexity index is 1350. The van der Waals surface area contributed by atoms with Gasteiger partial charge in [0, 0.05) is 22.3 Å². The van der Waals surface area contributed by atoms with Crippen molar-refractivity contribution in [2.45, 2.75) is 13.0 Å². The summed E-state index contributed by atoms with van der Waals surface area (Å²) in [5, 5.41) is 7.49. The highest BCUT2D eigenvalue weighted by atomic mass is 35.5. The lowest BCUT2D eigenvalue weighted by atomic mass is 10.1. The lowest BCUT2D eigenvalue weighted by molar-refractivity contribution is -0.118. The average molecular weight is 455 g/mol. The van der Waals surface area contributed by atoms with Crippen molar-refractivity contribution in [2.24, 2.45) is 0 Å². The van der Waals surface area contributed by atoms with Gasteiger partial charge in [0.15, 0.2) is 11.5 Å². The number of amides is 1. The third kappa shape index (κ3) is 3.90. The van der Waals surface area contributed by atoms with Gasteiger partial charge in [0.1, 0.15) is 23.4 Å². The predicted molar refractivity (Wildman–Crippen MR) is 119 cm³/mol. The number of nitrogens with one attached hydrogen (secondary N) is 1. The molecule has 1 amide bonds. The molecule has 32 heavy (non-hydrogen) atoms. The number of hydrogen-bond donors (Lipinski definition) is 1. The number of aromatic nitrogens is 3. The second kappa shape index (κ2) is 8.72. The Morgan fingerprint density at radius 1 is 1.12 bits per heavy atom. The van der Waals surface area contributed by atoms with Gasteiger partial charge in [-0.25, -0.2) is 4.98 Å². The van der Waals surface area contributed by atoms with Gasteiger partial charge in [-0.1, -0.05) is 28.9 Å². The van der Waals surface area contributed by atoms with Gasteiger partial charge in [0.05, 0.1) is 14.2 Å². The van der Waals surface area contributed by atoms with Crippen LogP contribution in [-0.2, 0) is 4.79 Å². The van der Waals surface area contributed by atoms with Crippen LogP contribution in [0.1, 0.15) is 13.0 Å². The fourth-order valence-corrected chi connectivity index (χ4v) is 3.35. The van der Waals surface area contributed by atoms with Crippen LogP contribution in [0.5, 0.6) is 11.5 Å². The van der Waals surface area contributed by atoms with Gasteiger partial charge in [0.2, 0.25) is 5.91 Å². The van der Waals surface area contributed by atoms with Crippen LogP contribution in [0.15, 0.2) is 58.1 Å². The van der Waals surface area contributed by atoms with E-state index in [9.17, 15) is 9.59 Å². The monoisotopic (exact) mass is 454 g/mol. The molecule has 10 heteroatoms. The van der Waals surface area contributed by atoms with Gasteiger partial charge in [-0.3, -0.25) is 14.2 Å². The van der Waals surface area contributed by atoms with Crippen LogP contribution in [0.2, 0.25) is 5.02 Å². The molecular weight excluding hydrogens is 436 g/mol. The number of carbonyl (C=O) groups is 1. The molecule has 9 nitrogen and oxygen atoms in total. The number of fused-ring (bicyclic) bond motifs is 1. The minimum absolute atomic E-state index is 0.0868. The molecule has 0 aliphatic carbocycles. The zero-order valence-electron chi connectivity index (χ0n) is 17.5. The van der Waals surface area contributed by atoms with Gasteiger partial charge in [0.25, 0.3) is 11.3 Å². The Morgan fingerprint density at radius 3 is 2.53 bits per heavy atom. The van der Waals surface area contributed by atoms with Gasteiger partial charge in [-0.2, -0.15) is 0 Å². The molecule has 2 heterocycles. The number of nitrogens with zero attached hydrogens (tertiary/aromatic N) is 3. The zero-order valence-corrected chi connectivity index (χ0v) is 18.2. The Labute approximate surface area is 187 Å². The molecular formula is C22H19ClN4O5. The first-order valence-corrected chi connectivity index (χ1v) is 9.96. The van der Waals surface area contributed by atoms with Crippen LogP contribution in [0.4, 0.5) is 5.69 Å². The molecule has 1 unspecified atom stereocenters. The van der Waals surface area contributed by atoms with Gasteiger partial charge in [-0.15, -0.1) is 0 Å². The third-order valence-electron chi connectivity index (χ3n) is 4.99. The summed E-state index contributed by atoms with van der Waals surface area (Å²) in [6.07, 6.45) is 1.26. The van der Waals surface area contributed by atoms with Crippen molar-refractivity contribution in [3.63, 3.8) is 0 Å². The third-order valence-corrected chi connectivity index (χ3v) is 5.24. The minimum Gasteiger partial charge on any atom is -0.493 e. The summed E-state index contributed by atoms with van der Waals surface area (Å²) in [5.41, 5.74) is 1.11. The van der Waals surface area contributed by atoms with Crippen molar-refractivity contribution < 1.29 is 18.8 Å². The van der Waals surface area contributed by atoms with Crippen molar-refractivity contribution in [3.8, 4) is 22.8 Å². The number of anilines is 1. The fourth-order valence-electron chi connectivity index (χ4n) is 3.23. The number of benzene rings is 2. The highest BCUT2D eigenvalue weighted by Crippen LogP contribution is 2.30. The second-order valence-corrected chi connectivity index (χ2v) is 7.35. The normalized spacial score (nSPS) is 11.9. The smallest absolute Gasteiger partial charge is 0.267 e. The fraction of sp³-hybridized carbons (Fsp3) is 0.182. The van der Waals surface area contributed by atoms with Crippen LogP contribution < -0.4 is 20.3 Å². The Hall–Kier alpha value is -3.85. The van der Waals surface area contributed by atoms with E-state index in [0.717, 1.165) is 0 Å². The van der Waals surface area contributed by atoms with Crippen LogP contribution in [0, 0.1) is 0 Å².